The summed E-state index contributed by atoms with van der Waals surface area (Å²) in [6, 6.07) is 24.3. The minimum Gasteiger partial charge on any atom is -0.394 e. The van der Waals surface area contributed by atoms with Crippen LogP contribution >= 0.6 is 0 Å². The Labute approximate surface area is 160 Å². The summed E-state index contributed by atoms with van der Waals surface area (Å²) >= 11 is 0. The van der Waals surface area contributed by atoms with E-state index >= 15 is 0 Å². The van der Waals surface area contributed by atoms with Crippen molar-refractivity contribution in [1.82, 2.24) is 0 Å². The van der Waals surface area contributed by atoms with Crippen LogP contribution in [0.15, 0.2) is 66.7 Å². The van der Waals surface area contributed by atoms with Crippen molar-refractivity contribution in [1.29, 1.82) is 0 Å². The molecule has 27 heavy (non-hydrogen) atoms. The Balaban J connectivity index is 2.03. The Bertz CT molecular complexity index is 1250. The zero-order valence-electron chi connectivity index (χ0n) is 15.7. The molecule has 0 atom stereocenters. The molecule has 0 spiro atoms. The van der Waals surface area contributed by atoms with E-state index < -0.39 is 9.28 Å². The maximum atomic E-state index is 6.12. The molecule has 0 aliphatic carbocycles. The average Bonchev–Trinajstić information content (AvgIpc) is 2.71. The molecule has 0 unspecified atom stereocenters. The monoisotopic (exact) mass is 370 g/mol. The molecule has 5 rings (SSSR count). The van der Waals surface area contributed by atoms with Crippen LogP contribution in [0.2, 0.25) is 0 Å². The molecule has 0 bridgehead atoms. The Morgan fingerprint density at radius 1 is 0.593 bits per heavy atom. The van der Waals surface area contributed by atoms with E-state index in [-0.39, 0.29) is 0 Å². The fraction of sp³-hybridized carbons (Fsp3) is 0.167. The van der Waals surface area contributed by atoms with Crippen LogP contribution in [0.3, 0.4) is 0 Å². The number of benzene rings is 5. The van der Waals surface area contributed by atoms with Crippen molar-refractivity contribution in [3.8, 4) is 0 Å². The van der Waals surface area contributed by atoms with Gasteiger partial charge in [0, 0.05) is 13.2 Å². The van der Waals surface area contributed by atoms with Gasteiger partial charge in [0.1, 0.15) is 0 Å². The van der Waals surface area contributed by atoms with E-state index in [1.54, 1.807) is 0 Å². The predicted molar refractivity (Wildman–Crippen MR) is 118 cm³/mol. The Hall–Kier alpha value is -2.46. The van der Waals surface area contributed by atoms with Gasteiger partial charge in [-0.2, -0.15) is 0 Å². The maximum absolute atomic E-state index is 6.12. The molecular weight excluding hydrogens is 348 g/mol. The molecule has 3 heteroatoms. The fourth-order valence-electron chi connectivity index (χ4n) is 4.41. The van der Waals surface area contributed by atoms with Gasteiger partial charge < -0.3 is 8.85 Å². The molecule has 0 radical (unpaired) electrons. The molecule has 0 heterocycles. The molecule has 134 valence electrons. The van der Waals surface area contributed by atoms with E-state index in [1.807, 2.05) is 13.8 Å². The highest BCUT2D eigenvalue weighted by Gasteiger charge is 2.22. The Kier molecular flexibility index (Phi) is 4.08. The van der Waals surface area contributed by atoms with Gasteiger partial charge in [0.2, 0.25) is 0 Å². The molecule has 5 aromatic rings. The Morgan fingerprint density at radius 2 is 1.15 bits per heavy atom. The fourth-order valence-corrected chi connectivity index (χ4v) is 6.26. The van der Waals surface area contributed by atoms with Gasteiger partial charge in [0.25, 0.3) is 0 Å². The highest BCUT2D eigenvalue weighted by atomic mass is 28.3. The lowest BCUT2D eigenvalue weighted by atomic mass is 9.90. The summed E-state index contributed by atoms with van der Waals surface area (Å²) in [5, 5.41) is 11.7. The highest BCUT2D eigenvalue weighted by Crippen LogP contribution is 2.39. The van der Waals surface area contributed by atoms with Gasteiger partial charge in [0.05, 0.1) is 0 Å². The molecule has 0 amide bonds. The summed E-state index contributed by atoms with van der Waals surface area (Å²) in [6.45, 7) is 5.45. The lowest BCUT2D eigenvalue weighted by Gasteiger charge is -2.21. The summed E-state index contributed by atoms with van der Waals surface area (Å²) in [7, 11) is -1.97. The molecule has 0 aromatic heterocycles. The second kappa shape index (κ2) is 6.61. The standard InChI is InChI=1S/C24H22O2Si/c1-3-25-27(26-4-2)21-15-14-17-10-6-12-19-18-11-5-8-16-9-7-13-20(22(16)18)24(21)23(17)19/h5-15,27H,3-4H2,1-2H3. The predicted octanol–water partition coefficient (Wildman–Crippen LogP) is 5.24. The third-order valence-corrected chi connectivity index (χ3v) is 7.69. The number of hydrogen-bond donors (Lipinski definition) is 0. The van der Waals surface area contributed by atoms with Crippen LogP contribution in [0.5, 0.6) is 0 Å². The summed E-state index contributed by atoms with van der Waals surface area (Å²) in [6.07, 6.45) is 0. The van der Waals surface area contributed by atoms with E-state index in [4.69, 9.17) is 8.85 Å². The first-order chi connectivity index (χ1) is 13.3. The van der Waals surface area contributed by atoms with Crippen LogP contribution in [-0.2, 0) is 8.85 Å². The van der Waals surface area contributed by atoms with Crippen molar-refractivity contribution >= 4 is 57.6 Å². The molecular formula is C24H22O2Si. The topological polar surface area (TPSA) is 18.5 Å². The Morgan fingerprint density at radius 3 is 1.78 bits per heavy atom. The van der Waals surface area contributed by atoms with Gasteiger partial charge in [-0.15, -0.1) is 0 Å². The first kappa shape index (κ1) is 16.7. The van der Waals surface area contributed by atoms with Gasteiger partial charge >= 0.3 is 9.28 Å². The molecule has 0 fully saturated rings. The van der Waals surface area contributed by atoms with E-state index in [0.29, 0.717) is 13.2 Å². The van der Waals surface area contributed by atoms with Crippen molar-refractivity contribution in [3.63, 3.8) is 0 Å². The SMILES string of the molecule is CCO[SiH](OCC)c1ccc2cccc3c4cccc5cccc(c1c23)c54. The molecule has 0 N–H and O–H groups in total. The van der Waals surface area contributed by atoms with Crippen molar-refractivity contribution in [2.24, 2.45) is 0 Å². The van der Waals surface area contributed by atoms with Crippen LogP contribution in [0, 0.1) is 0 Å². The molecule has 0 saturated heterocycles. The lowest BCUT2D eigenvalue weighted by Crippen LogP contribution is -2.37. The number of fused-ring (bicyclic) bond motifs is 2. The molecule has 0 saturated carbocycles. The molecule has 0 aliphatic heterocycles. The first-order valence-corrected chi connectivity index (χ1v) is 11.2. The zero-order valence-corrected chi connectivity index (χ0v) is 16.8. The van der Waals surface area contributed by atoms with E-state index in [0.717, 1.165) is 0 Å². The number of hydrogen-bond acceptors (Lipinski definition) is 2. The average molecular weight is 371 g/mol. The van der Waals surface area contributed by atoms with Crippen molar-refractivity contribution in [2.75, 3.05) is 13.2 Å². The van der Waals surface area contributed by atoms with E-state index in [9.17, 15) is 0 Å². The highest BCUT2D eigenvalue weighted by molar-refractivity contribution is 6.66. The van der Waals surface area contributed by atoms with Gasteiger partial charge in [-0.05, 0) is 62.1 Å². The summed E-state index contributed by atoms with van der Waals surface area (Å²) in [5.74, 6) is 0. The normalized spacial score (nSPS) is 12.3. The third kappa shape index (κ3) is 2.47. The summed E-state index contributed by atoms with van der Waals surface area (Å²) in [4.78, 5) is 0. The zero-order chi connectivity index (χ0) is 18.4. The molecule has 5 aromatic carbocycles. The van der Waals surface area contributed by atoms with Gasteiger partial charge in [-0.1, -0.05) is 66.7 Å². The molecule has 2 nitrogen and oxygen atoms in total. The van der Waals surface area contributed by atoms with E-state index in [2.05, 4.69) is 66.7 Å². The van der Waals surface area contributed by atoms with Gasteiger partial charge in [-0.3, -0.25) is 0 Å². The van der Waals surface area contributed by atoms with Crippen molar-refractivity contribution < 1.29 is 8.85 Å². The van der Waals surface area contributed by atoms with Crippen molar-refractivity contribution in [2.45, 2.75) is 13.8 Å². The van der Waals surface area contributed by atoms with Crippen LogP contribution in [0.4, 0.5) is 0 Å². The minimum absolute atomic E-state index is 0.677. The largest absolute Gasteiger partial charge is 0.394 e. The van der Waals surface area contributed by atoms with E-state index in [1.165, 1.54) is 48.3 Å². The second-order valence-electron chi connectivity index (χ2n) is 6.89. The van der Waals surface area contributed by atoms with Crippen molar-refractivity contribution in [3.05, 3.63) is 66.7 Å². The summed E-state index contributed by atoms with van der Waals surface area (Å²) < 4.78 is 12.2. The molecule has 0 aliphatic rings. The smallest absolute Gasteiger partial charge is 0.356 e. The maximum Gasteiger partial charge on any atom is 0.356 e. The first-order valence-electron chi connectivity index (χ1n) is 9.64. The third-order valence-electron chi connectivity index (χ3n) is 5.43. The lowest BCUT2D eigenvalue weighted by molar-refractivity contribution is 0.225. The second-order valence-corrected chi connectivity index (χ2v) is 8.84. The number of rotatable bonds is 5. The summed E-state index contributed by atoms with van der Waals surface area (Å²) in [5.41, 5.74) is 0. The van der Waals surface area contributed by atoms with Gasteiger partial charge in [-0.25, -0.2) is 0 Å². The van der Waals surface area contributed by atoms with Crippen LogP contribution < -0.4 is 5.19 Å². The van der Waals surface area contributed by atoms with Crippen LogP contribution in [0.25, 0.3) is 43.1 Å². The van der Waals surface area contributed by atoms with Crippen LogP contribution in [0.1, 0.15) is 13.8 Å². The van der Waals surface area contributed by atoms with Gasteiger partial charge in [0.15, 0.2) is 0 Å². The quantitative estimate of drug-likeness (QED) is 0.239. The minimum atomic E-state index is -1.97. The van der Waals surface area contributed by atoms with Crippen LogP contribution in [-0.4, -0.2) is 22.5 Å².